The van der Waals surface area contributed by atoms with E-state index in [1.54, 1.807) is 0 Å². The fourth-order valence-corrected chi connectivity index (χ4v) is 5.27. The van der Waals surface area contributed by atoms with Gasteiger partial charge in [0.25, 0.3) is 0 Å². The summed E-state index contributed by atoms with van der Waals surface area (Å²) in [7, 11) is 4.03. The standard InChI is InChI=1S/C31H35N5O/c1-21-14-19-27-26(20-21)29(36(2)3)35-31(34-27)33-25-17-15-24(16-18-25)32-30(37)28(22-10-6-4-7-11-22)23-12-8-5-9-13-23/h4-14,19-20,24-25,28H,15-18H2,1-3H3,(H,32,37)(H,33,34,35). The van der Waals surface area contributed by atoms with Crippen molar-refractivity contribution >= 4 is 28.6 Å². The van der Waals surface area contributed by atoms with Crippen molar-refractivity contribution in [2.45, 2.75) is 50.6 Å². The minimum absolute atomic E-state index is 0.0672. The average Bonchev–Trinajstić information content (AvgIpc) is 2.91. The average molecular weight is 494 g/mol. The van der Waals surface area contributed by atoms with Crippen LogP contribution in [0.25, 0.3) is 10.9 Å². The summed E-state index contributed by atoms with van der Waals surface area (Å²) in [5, 5.41) is 7.98. The number of anilines is 2. The van der Waals surface area contributed by atoms with E-state index in [1.165, 1.54) is 5.56 Å². The van der Waals surface area contributed by atoms with Gasteiger partial charge in [0.1, 0.15) is 5.82 Å². The molecule has 1 aliphatic carbocycles. The molecule has 1 aromatic heterocycles. The van der Waals surface area contributed by atoms with E-state index >= 15 is 0 Å². The fourth-order valence-electron chi connectivity index (χ4n) is 5.27. The van der Waals surface area contributed by atoms with Gasteiger partial charge >= 0.3 is 0 Å². The van der Waals surface area contributed by atoms with E-state index in [4.69, 9.17) is 9.97 Å². The van der Waals surface area contributed by atoms with Crippen LogP contribution < -0.4 is 15.5 Å². The van der Waals surface area contributed by atoms with Crippen molar-refractivity contribution in [2.24, 2.45) is 0 Å². The van der Waals surface area contributed by atoms with Crippen LogP contribution in [0.5, 0.6) is 0 Å². The van der Waals surface area contributed by atoms with Gasteiger partial charge in [-0.25, -0.2) is 4.98 Å². The Morgan fingerprint density at radius 2 is 1.43 bits per heavy atom. The molecule has 2 N–H and O–H groups in total. The lowest BCUT2D eigenvalue weighted by atomic mass is 9.88. The third-order valence-electron chi connectivity index (χ3n) is 7.19. The van der Waals surface area contributed by atoms with Crippen LogP contribution in [0.3, 0.4) is 0 Å². The largest absolute Gasteiger partial charge is 0.362 e. The number of hydrogen-bond acceptors (Lipinski definition) is 5. The van der Waals surface area contributed by atoms with Crippen LogP contribution in [0.2, 0.25) is 0 Å². The van der Waals surface area contributed by atoms with E-state index in [0.717, 1.165) is 53.5 Å². The van der Waals surface area contributed by atoms with Crippen LogP contribution in [-0.2, 0) is 4.79 Å². The number of aryl methyl sites for hydroxylation is 1. The van der Waals surface area contributed by atoms with Crippen LogP contribution in [0, 0.1) is 6.92 Å². The van der Waals surface area contributed by atoms with Gasteiger partial charge in [0.15, 0.2) is 0 Å². The van der Waals surface area contributed by atoms with Gasteiger partial charge in [0.2, 0.25) is 11.9 Å². The topological polar surface area (TPSA) is 70.1 Å². The molecule has 0 saturated heterocycles. The van der Waals surface area contributed by atoms with Crippen molar-refractivity contribution in [2.75, 3.05) is 24.3 Å². The Kier molecular flexibility index (Phi) is 7.35. The summed E-state index contributed by atoms with van der Waals surface area (Å²) < 4.78 is 0. The Morgan fingerprint density at radius 1 is 0.838 bits per heavy atom. The number of aromatic nitrogens is 2. The summed E-state index contributed by atoms with van der Waals surface area (Å²) >= 11 is 0. The number of nitrogens with one attached hydrogen (secondary N) is 2. The number of hydrogen-bond donors (Lipinski definition) is 2. The van der Waals surface area contributed by atoms with E-state index in [-0.39, 0.29) is 23.9 Å². The molecular weight excluding hydrogens is 458 g/mol. The molecule has 4 aromatic rings. The summed E-state index contributed by atoms with van der Waals surface area (Å²) in [6.45, 7) is 2.09. The molecule has 3 aromatic carbocycles. The molecule has 0 atom stereocenters. The van der Waals surface area contributed by atoms with Crippen molar-refractivity contribution in [3.05, 3.63) is 95.6 Å². The molecule has 1 aliphatic rings. The molecule has 1 heterocycles. The first-order valence-electron chi connectivity index (χ1n) is 13.1. The molecule has 6 heteroatoms. The fraction of sp³-hybridized carbons (Fsp3) is 0.323. The molecule has 5 rings (SSSR count). The highest BCUT2D eigenvalue weighted by Crippen LogP contribution is 2.29. The summed E-state index contributed by atoms with van der Waals surface area (Å²) in [5.41, 5.74) is 4.17. The smallest absolute Gasteiger partial charge is 0.232 e. The first kappa shape index (κ1) is 24.8. The van der Waals surface area contributed by atoms with Gasteiger partial charge in [-0.3, -0.25) is 4.79 Å². The number of fused-ring (bicyclic) bond motifs is 1. The van der Waals surface area contributed by atoms with Gasteiger partial charge in [0, 0.05) is 31.6 Å². The molecule has 1 amide bonds. The van der Waals surface area contributed by atoms with Crippen molar-refractivity contribution in [3.63, 3.8) is 0 Å². The zero-order chi connectivity index (χ0) is 25.8. The van der Waals surface area contributed by atoms with Crippen molar-refractivity contribution in [1.82, 2.24) is 15.3 Å². The lowest BCUT2D eigenvalue weighted by Gasteiger charge is -2.31. The predicted molar refractivity (Wildman–Crippen MR) is 151 cm³/mol. The maximum Gasteiger partial charge on any atom is 0.232 e. The molecule has 37 heavy (non-hydrogen) atoms. The summed E-state index contributed by atoms with van der Waals surface area (Å²) in [6, 6.07) is 26.8. The second-order valence-corrected chi connectivity index (χ2v) is 10.2. The van der Waals surface area contributed by atoms with E-state index < -0.39 is 0 Å². The zero-order valence-electron chi connectivity index (χ0n) is 21.8. The van der Waals surface area contributed by atoms with E-state index in [9.17, 15) is 4.79 Å². The number of benzene rings is 3. The number of amides is 1. The summed E-state index contributed by atoms with van der Waals surface area (Å²) in [4.78, 5) is 25.1. The van der Waals surface area contributed by atoms with Gasteiger partial charge in [-0.1, -0.05) is 72.3 Å². The SMILES string of the molecule is Cc1ccc2nc(NC3CCC(NC(=O)C(c4ccccc4)c4ccccc4)CC3)nc(N(C)C)c2c1. The van der Waals surface area contributed by atoms with Crippen LogP contribution in [-0.4, -0.2) is 42.1 Å². The van der Waals surface area contributed by atoms with Crippen molar-refractivity contribution in [3.8, 4) is 0 Å². The first-order chi connectivity index (χ1) is 18.0. The maximum atomic E-state index is 13.5. The Balaban J connectivity index is 1.24. The molecule has 6 nitrogen and oxygen atoms in total. The molecule has 1 saturated carbocycles. The minimum Gasteiger partial charge on any atom is -0.362 e. The highest BCUT2D eigenvalue weighted by atomic mass is 16.1. The molecule has 0 bridgehead atoms. The Morgan fingerprint density at radius 3 is 2.03 bits per heavy atom. The van der Waals surface area contributed by atoms with E-state index in [0.29, 0.717) is 5.95 Å². The number of rotatable bonds is 7. The molecular formula is C31H35N5O. The number of carbonyl (C=O) groups excluding carboxylic acids is 1. The quantitative estimate of drug-likeness (QED) is 0.347. The molecule has 0 aliphatic heterocycles. The lowest BCUT2D eigenvalue weighted by molar-refractivity contribution is -0.122. The number of nitrogens with zero attached hydrogens (tertiary/aromatic N) is 3. The predicted octanol–water partition coefficient (Wildman–Crippen LogP) is 5.68. The Labute approximate surface area is 219 Å². The third-order valence-corrected chi connectivity index (χ3v) is 7.19. The van der Waals surface area contributed by atoms with Crippen LogP contribution >= 0.6 is 0 Å². The Hall–Kier alpha value is -3.93. The number of carbonyl (C=O) groups is 1. The minimum atomic E-state index is -0.308. The van der Waals surface area contributed by atoms with Gasteiger partial charge in [-0.2, -0.15) is 4.98 Å². The molecule has 0 unspecified atom stereocenters. The van der Waals surface area contributed by atoms with Crippen molar-refractivity contribution < 1.29 is 4.79 Å². The summed E-state index contributed by atoms with van der Waals surface area (Å²) in [6.07, 6.45) is 3.76. The van der Waals surface area contributed by atoms with Crippen LogP contribution in [0.4, 0.5) is 11.8 Å². The highest BCUT2D eigenvalue weighted by molar-refractivity contribution is 5.91. The Bertz CT molecular complexity index is 1310. The first-order valence-corrected chi connectivity index (χ1v) is 13.1. The van der Waals surface area contributed by atoms with E-state index in [1.807, 2.05) is 79.7 Å². The van der Waals surface area contributed by atoms with Gasteiger partial charge in [-0.05, 0) is 55.9 Å². The molecule has 190 valence electrons. The zero-order valence-corrected chi connectivity index (χ0v) is 21.8. The third kappa shape index (κ3) is 5.74. The normalized spacial score (nSPS) is 17.5. The second-order valence-electron chi connectivity index (χ2n) is 10.2. The van der Waals surface area contributed by atoms with Gasteiger partial charge in [0.05, 0.1) is 11.4 Å². The van der Waals surface area contributed by atoms with Gasteiger partial charge < -0.3 is 15.5 Å². The summed E-state index contributed by atoms with van der Waals surface area (Å²) in [5.74, 6) is 1.35. The monoisotopic (exact) mass is 493 g/mol. The van der Waals surface area contributed by atoms with Crippen molar-refractivity contribution in [1.29, 1.82) is 0 Å². The van der Waals surface area contributed by atoms with E-state index in [2.05, 4.69) is 35.8 Å². The molecule has 1 fully saturated rings. The highest BCUT2D eigenvalue weighted by Gasteiger charge is 2.28. The second kappa shape index (κ2) is 11.0. The lowest BCUT2D eigenvalue weighted by Crippen LogP contribution is -2.42. The maximum absolute atomic E-state index is 13.5. The van der Waals surface area contributed by atoms with Gasteiger partial charge in [-0.15, -0.1) is 0 Å². The van der Waals surface area contributed by atoms with Crippen LogP contribution in [0.15, 0.2) is 78.9 Å². The van der Waals surface area contributed by atoms with Crippen LogP contribution in [0.1, 0.15) is 48.3 Å². The molecule has 0 spiro atoms. The molecule has 0 radical (unpaired) electrons.